The summed E-state index contributed by atoms with van der Waals surface area (Å²) >= 11 is 0. The molecule has 2 fully saturated rings. The van der Waals surface area contributed by atoms with Gasteiger partial charge < -0.3 is 9.64 Å². The molecule has 1 N–H and O–H groups in total. The van der Waals surface area contributed by atoms with Crippen LogP contribution in [0.1, 0.15) is 18.7 Å². The lowest BCUT2D eigenvalue weighted by molar-refractivity contribution is -0.144. The van der Waals surface area contributed by atoms with E-state index in [1.165, 1.54) is 30.3 Å². The Balaban J connectivity index is 1.75. The molecule has 12 heteroatoms. The second-order valence-corrected chi connectivity index (χ2v) is 10.3. The van der Waals surface area contributed by atoms with E-state index in [9.17, 15) is 26.0 Å². The van der Waals surface area contributed by atoms with Crippen LogP contribution in [0.25, 0.3) is 22.4 Å². The maximum Gasteiger partial charge on any atom is 0.451 e. The SMILES string of the molecule is O=S(=O)(NC1CC1)c1cccc(-c2c(-c3ccc(F)cc3)nc(C(F)(F)F)nc2N2CCOCC2)c1. The minimum Gasteiger partial charge on any atom is -0.378 e. The smallest absolute Gasteiger partial charge is 0.378 e. The molecule has 2 aliphatic rings. The average molecular weight is 523 g/mol. The average Bonchev–Trinajstić information content (AvgIpc) is 3.67. The fraction of sp³-hybridized carbons (Fsp3) is 0.333. The van der Waals surface area contributed by atoms with Gasteiger partial charge in [0.1, 0.15) is 11.6 Å². The third-order valence-corrected chi connectivity index (χ3v) is 7.42. The number of nitrogens with zero attached hydrogens (tertiary/aromatic N) is 3. The van der Waals surface area contributed by atoms with Crippen molar-refractivity contribution in [1.29, 1.82) is 0 Å². The number of halogens is 4. The highest BCUT2D eigenvalue weighted by atomic mass is 32.2. The molecule has 1 saturated heterocycles. The van der Waals surface area contributed by atoms with Gasteiger partial charge in [0.15, 0.2) is 0 Å². The molecule has 0 amide bonds. The van der Waals surface area contributed by atoms with Gasteiger partial charge >= 0.3 is 6.18 Å². The van der Waals surface area contributed by atoms with Crippen LogP contribution in [-0.2, 0) is 20.9 Å². The van der Waals surface area contributed by atoms with E-state index in [0.29, 0.717) is 5.56 Å². The number of nitrogens with one attached hydrogen (secondary N) is 1. The second-order valence-electron chi connectivity index (χ2n) is 8.62. The molecular weight excluding hydrogens is 500 g/mol. The number of morpholine rings is 1. The van der Waals surface area contributed by atoms with Crippen molar-refractivity contribution in [2.24, 2.45) is 0 Å². The van der Waals surface area contributed by atoms with Crippen molar-refractivity contribution in [3.63, 3.8) is 0 Å². The molecule has 7 nitrogen and oxygen atoms in total. The van der Waals surface area contributed by atoms with Crippen LogP contribution < -0.4 is 9.62 Å². The molecule has 0 bridgehead atoms. The topological polar surface area (TPSA) is 84.4 Å². The number of rotatable bonds is 6. The number of sulfonamides is 1. The van der Waals surface area contributed by atoms with E-state index >= 15 is 0 Å². The molecule has 1 aromatic heterocycles. The van der Waals surface area contributed by atoms with Gasteiger partial charge in [-0.3, -0.25) is 0 Å². The van der Waals surface area contributed by atoms with Crippen molar-refractivity contribution in [3.05, 3.63) is 60.2 Å². The molecule has 1 saturated carbocycles. The molecule has 2 heterocycles. The summed E-state index contributed by atoms with van der Waals surface area (Å²) in [6, 6.07) is 10.7. The maximum absolute atomic E-state index is 13.9. The van der Waals surface area contributed by atoms with Gasteiger partial charge in [-0.2, -0.15) is 13.2 Å². The number of hydrogen-bond donors (Lipinski definition) is 1. The monoisotopic (exact) mass is 522 g/mol. The number of alkyl halides is 3. The number of ether oxygens (including phenoxy) is 1. The number of hydrogen-bond acceptors (Lipinski definition) is 6. The van der Waals surface area contributed by atoms with Crippen molar-refractivity contribution in [3.8, 4) is 22.4 Å². The van der Waals surface area contributed by atoms with Crippen LogP contribution in [0.15, 0.2) is 53.4 Å². The minimum absolute atomic E-state index is 0.00431. The second kappa shape index (κ2) is 9.41. The molecule has 0 spiro atoms. The van der Waals surface area contributed by atoms with Crippen LogP contribution in [0.4, 0.5) is 23.4 Å². The Morgan fingerprint density at radius 1 is 0.972 bits per heavy atom. The van der Waals surface area contributed by atoms with E-state index in [4.69, 9.17) is 4.74 Å². The minimum atomic E-state index is -4.84. The predicted molar refractivity (Wildman–Crippen MR) is 124 cm³/mol. The molecule has 190 valence electrons. The first-order chi connectivity index (χ1) is 17.1. The lowest BCUT2D eigenvalue weighted by Crippen LogP contribution is -2.37. The highest BCUT2D eigenvalue weighted by Gasteiger charge is 2.38. The van der Waals surface area contributed by atoms with Crippen LogP contribution in [0.5, 0.6) is 0 Å². The molecule has 36 heavy (non-hydrogen) atoms. The Labute approximate surface area is 205 Å². The van der Waals surface area contributed by atoms with E-state index in [1.807, 2.05) is 0 Å². The molecule has 1 aliphatic carbocycles. The van der Waals surface area contributed by atoms with Crippen molar-refractivity contribution in [2.75, 3.05) is 31.2 Å². The molecular formula is C24H22F4N4O3S. The summed E-state index contributed by atoms with van der Waals surface area (Å²) in [6.07, 6.45) is -3.34. The Morgan fingerprint density at radius 3 is 2.31 bits per heavy atom. The van der Waals surface area contributed by atoms with Gasteiger partial charge in [-0.15, -0.1) is 0 Å². The fourth-order valence-corrected chi connectivity index (χ4v) is 5.32. The molecule has 0 unspecified atom stereocenters. The lowest BCUT2D eigenvalue weighted by Gasteiger charge is -2.31. The van der Waals surface area contributed by atoms with E-state index in [-0.39, 0.29) is 59.9 Å². The molecule has 5 rings (SSSR count). The van der Waals surface area contributed by atoms with Crippen molar-refractivity contribution in [1.82, 2.24) is 14.7 Å². The van der Waals surface area contributed by atoms with Gasteiger partial charge in [0.25, 0.3) is 0 Å². The highest BCUT2D eigenvalue weighted by molar-refractivity contribution is 7.89. The summed E-state index contributed by atoms with van der Waals surface area (Å²) in [7, 11) is -3.83. The number of benzene rings is 2. The van der Waals surface area contributed by atoms with E-state index in [1.54, 1.807) is 11.0 Å². The van der Waals surface area contributed by atoms with E-state index < -0.39 is 27.8 Å². The summed E-state index contributed by atoms with van der Waals surface area (Å²) in [5, 5.41) is 0. The van der Waals surface area contributed by atoms with E-state index in [2.05, 4.69) is 14.7 Å². The zero-order valence-corrected chi connectivity index (χ0v) is 19.7. The summed E-state index contributed by atoms with van der Waals surface area (Å²) < 4.78 is 88.9. The Kier molecular flexibility index (Phi) is 6.43. The first kappa shape index (κ1) is 24.6. The third-order valence-electron chi connectivity index (χ3n) is 5.90. The molecule has 0 radical (unpaired) electrons. The van der Waals surface area contributed by atoms with Gasteiger partial charge in [0.05, 0.1) is 29.4 Å². The molecule has 3 aromatic rings. The zero-order chi connectivity index (χ0) is 25.5. The number of anilines is 1. The van der Waals surface area contributed by atoms with Crippen LogP contribution in [-0.4, -0.2) is 50.7 Å². The third kappa shape index (κ3) is 5.20. The Hall–Kier alpha value is -3.09. The number of aromatic nitrogens is 2. The van der Waals surface area contributed by atoms with Crippen molar-refractivity contribution < 1.29 is 30.7 Å². The molecule has 0 atom stereocenters. The maximum atomic E-state index is 13.9. The van der Waals surface area contributed by atoms with Gasteiger partial charge in [-0.1, -0.05) is 12.1 Å². The lowest BCUT2D eigenvalue weighted by atomic mass is 9.98. The highest BCUT2D eigenvalue weighted by Crippen LogP contribution is 2.41. The van der Waals surface area contributed by atoms with Gasteiger partial charge in [0.2, 0.25) is 15.8 Å². The zero-order valence-electron chi connectivity index (χ0n) is 18.9. The summed E-state index contributed by atoms with van der Waals surface area (Å²) in [4.78, 5) is 9.37. The first-order valence-corrected chi connectivity index (χ1v) is 12.8. The normalized spacial score (nSPS) is 16.8. The van der Waals surface area contributed by atoms with Crippen LogP contribution in [0.2, 0.25) is 0 Å². The largest absolute Gasteiger partial charge is 0.451 e. The summed E-state index contributed by atoms with van der Waals surface area (Å²) in [5.41, 5.74) is 0.699. The van der Waals surface area contributed by atoms with Crippen LogP contribution in [0.3, 0.4) is 0 Å². The summed E-state index contributed by atoms with van der Waals surface area (Å²) in [5.74, 6) is -1.89. The Morgan fingerprint density at radius 2 is 1.67 bits per heavy atom. The van der Waals surface area contributed by atoms with Gasteiger partial charge in [0, 0.05) is 24.7 Å². The first-order valence-electron chi connectivity index (χ1n) is 11.3. The molecule has 2 aromatic carbocycles. The fourth-order valence-electron chi connectivity index (χ4n) is 3.97. The van der Waals surface area contributed by atoms with Crippen molar-refractivity contribution in [2.45, 2.75) is 30.0 Å². The quantitative estimate of drug-likeness (QED) is 0.488. The van der Waals surface area contributed by atoms with E-state index in [0.717, 1.165) is 25.0 Å². The Bertz CT molecular complexity index is 1370. The van der Waals surface area contributed by atoms with Crippen molar-refractivity contribution >= 4 is 15.8 Å². The van der Waals surface area contributed by atoms with Crippen LogP contribution in [0, 0.1) is 5.82 Å². The standard InChI is InChI=1S/C24H22F4N4O3S/c25-17-6-4-15(5-7-17)21-20(16-2-1-3-19(14-16)36(33,34)31-18-8-9-18)22(32-10-12-35-13-11-32)30-23(29-21)24(26,27)28/h1-7,14,18,31H,8-13H2. The van der Waals surface area contributed by atoms with Crippen LogP contribution >= 0.6 is 0 Å². The molecule has 1 aliphatic heterocycles. The van der Waals surface area contributed by atoms with Gasteiger partial charge in [-0.05, 0) is 54.8 Å². The predicted octanol–water partition coefficient (Wildman–Crippen LogP) is 4.25. The van der Waals surface area contributed by atoms with Gasteiger partial charge in [-0.25, -0.2) is 27.5 Å². The summed E-state index contributed by atoms with van der Waals surface area (Å²) in [6.45, 7) is 1.14.